The fourth-order valence-electron chi connectivity index (χ4n) is 0.0476. The van der Waals surface area contributed by atoms with Crippen LogP contribution in [-0.4, -0.2) is 13.5 Å². The van der Waals surface area contributed by atoms with Crippen molar-refractivity contribution in [3.8, 4) is 0 Å². The van der Waals surface area contributed by atoms with Gasteiger partial charge in [0.05, 0.1) is 0 Å². The molecule has 0 radical (unpaired) electrons. The Morgan fingerprint density at radius 3 is 2.00 bits per heavy atom. The maximum atomic E-state index is 10.6. The Balaban J connectivity index is 2.63. The molecule has 0 saturated carbocycles. The highest BCUT2D eigenvalue weighted by atomic mass is 19.3. The molecule has 0 N–H and O–H groups in total. The molecule has 0 saturated heterocycles. The largest absolute Gasteiger partial charge is 0.347 e. The quantitative estimate of drug-likeness (QED) is 0.505. The Bertz CT molecular complexity index is 30.0. The standard InChI is InChI=1S/C2H3F3O/c3-1-6-2(4)5/h2H,1H2. The van der Waals surface area contributed by atoms with Gasteiger partial charge in [0, 0.05) is 0 Å². The molecule has 4 heteroatoms. The van der Waals surface area contributed by atoms with Crippen molar-refractivity contribution < 1.29 is 17.9 Å². The van der Waals surface area contributed by atoms with Crippen LogP contribution in [0.1, 0.15) is 0 Å². The molecule has 1 nitrogen and oxygen atoms in total. The molecule has 0 aromatic rings. The number of ether oxygens (including phenoxy) is 1. The minimum absolute atomic E-state index is 1.42. The molecule has 0 amide bonds. The van der Waals surface area contributed by atoms with Crippen molar-refractivity contribution in [2.75, 3.05) is 6.86 Å². The maximum absolute atomic E-state index is 10.6. The molecule has 6 heavy (non-hydrogen) atoms. The van der Waals surface area contributed by atoms with Crippen LogP contribution in [0.15, 0.2) is 0 Å². The summed E-state index contributed by atoms with van der Waals surface area (Å²) in [5.74, 6) is 0. The van der Waals surface area contributed by atoms with Gasteiger partial charge >= 0.3 is 6.61 Å². The SMILES string of the molecule is FCOC(F)F. The van der Waals surface area contributed by atoms with E-state index in [9.17, 15) is 13.2 Å². The summed E-state index contributed by atoms with van der Waals surface area (Å²) in [6, 6.07) is 0. The molecule has 0 spiro atoms. The second-order valence-corrected chi connectivity index (χ2v) is 0.536. The molecule has 0 atom stereocenters. The Kier molecular flexibility index (Phi) is 2.84. The van der Waals surface area contributed by atoms with E-state index in [1.807, 2.05) is 0 Å². The van der Waals surface area contributed by atoms with Crippen molar-refractivity contribution in [2.24, 2.45) is 0 Å². The lowest BCUT2D eigenvalue weighted by atomic mass is 11.4. The van der Waals surface area contributed by atoms with Gasteiger partial charge < -0.3 is 0 Å². The van der Waals surface area contributed by atoms with Crippen LogP contribution in [0.25, 0.3) is 0 Å². The smallest absolute Gasteiger partial charge is 0.291 e. The van der Waals surface area contributed by atoms with Gasteiger partial charge in [-0.3, -0.25) is 4.74 Å². The monoisotopic (exact) mass is 100 g/mol. The van der Waals surface area contributed by atoms with E-state index in [0.29, 0.717) is 0 Å². The van der Waals surface area contributed by atoms with Gasteiger partial charge in [-0.2, -0.15) is 8.78 Å². The van der Waals surface area contributed by atoms with Crippen LogP contribution in [0.5, 0.6) is 0 Å². The summed E-state index contributed by atoms with van der Waals surface area (Å²) >= 11 is 0. The Labute approximate surface area is 32.7 Å². The van der Waals surface area contributed by atoms with Crippen LogP contribution in [0.2, 0.25) is 0 Å². The average molecular weight is 100 g/mol. The molecule has 0 rings (SSSR count). The minimum atomic E-state index is -2.98. The Hall–Kier alpha value is -0.250. The first-order chi connectivity index (χ1) is 2.77. The lowest BCUT2D eigenvalue weighted by molar-refractivity contribution is -0.154. The maximum Gasteiger partial charge on any atom is 0.347 e. The van der Waals surface area contributed by atoms with Gasteiger partial charge in [-0.25, -0.2) is 4.39 Å². The Morgan fingerprint density at radius 1 is 1.50 bits per heavy atom. The second-order valence-electron chi connectivity index (χ2n) is 0.536. The first-order valence-electron chi connectivity index (χ1n) is 1.23. The molecule has 0 unspecified atom stereocenters. The summed E-state index contributed by atoms with van der Waals surface area (Å²) in [5, 5.41) is 0. The normalized spacial score (nSPS) is 10.0. The second kappa shape index (κ2) is 2.96. The van der Waals surface area contributed by atoms with Crippen LogP contribution in [0.3, 0.4) is 0 Å². The van der Waals surface area contributed by atoms with Gasteiger partial charge in [0.2, 0.25) is 0 Å². The van der Waals surface area contributed by atoms with Crippen LogP contribution in [0.4, 0.5) is 13.2 Å². The molecule has 0 aliphatic carbocycles. The highest BCUT2D eigenvalue weighted by molar-refractivity contribution is 3.99. The number of hydrogen-bond donors (Lipinski definition) is 0. The number of hydrogen-bond acceptors (Lipinski definition) is 1. The van der Waals surface area contributed by atoms with Crippen LogP contribution < -0.4 is 0 Å². The summed E-state index contributed by atoms with van der Waals surface area (Å²) < 4.78 is 34.7. The van der Waals surface area contributed by atoms with E-state index in [1.165, 1.54) is 0 Å². The van der Waals surface area contributed by atoms with Crippen molar-refractivity contribution >= 4 is 0 Å². The van der Waals surface area contributed by atoms with Gasteiger partial charge in [-0.05, 0) is 0 Å². The number of halogens is 3. The average Bonchev–Trinajstić information content (AvgIpc) is 1.35. The van der Waals surface area contributed by atoms with Crippen LogP contribution >= 0.6 is 0 Å². The van der Waals surface area contributed by atoms with E-state index in [1.54, 1.807) is 0 Å². The molecule has 0 aliphatic rings. The summed E-state index contributed by atoms with van der Waals surface area (Å²) in [4.78, 5) is 0. The molecular formula is C2H3F3O. The fraction of sp³-hybridized carbons (Fsp3) is 1.00. The summed E-state index contributed by atoms with van der Waals surface area (Å²) in [7, 11) is 0. The van der Waals surface area contributed by atoms with Crippen molar-refractivity contribution in [3.05, 3.63) is 0 Å². The lowest BCUT2D eigenvalue weighted by Crippen LogP contribution is -1.94. The van der Waals surface area contributed by atoms with E-state index < -0.39 is 13.5 Å². The zero-order valence-electron chi connectivity index (χ0n) is 2.83. The molecule has 0 aromatic heterocycles. The van der Waals surface area contributed by atoms with E-state index in [2.05, 4.69) is 4.74 Å². The third kappa shape index (κ3) is 3.75. The Morgan fingerprint density at radius 2 is 2.00 bits per heavy atom. The first kappa shape index (κ1) is 5.75. The lowest BCUT2D eigenvalue weighted by Gasteiger charge is -1.89. The molecule has 0 fully saturated rings. The summed E-state index contributed by atoms with van der Waals surface area (Å²) in [6.45, 7) is -4.40. The molecule has 0 aliphatic heterocycles. The molecular weight excluding hydrogens is 97.0 g/mol. The summed E-state index contributed by atoms with van der Waals surface area (Å²) in [5.41, 5.74) is 0. The molecule has 0 heterocycles. The van der Waals surface area contributed by atoms with Gasteiger partial charge in [0.15, 0.2) is 6.86 Å². The van der Waals surface area contributed by atoms with E-state index >= 15 is 0 Å². The van der Waals surface area contributed by atoms with Gasteiger partial charge in [0.1, 0.15) is 0 Å². The number of alkyl halides is 3. The van der Waals surface area contributed by atoms with Gasteiger partial charge in [0.25, 0.3) is 0 Å². The third-order valence-corrected chi connectivity index (χ3v) is 0.189. The predicted molar refractivity (Wildman–Crippen MR) is 13.1 cm³/mol. The van der Waals surface area contributed by atoms with Gasteiger partial charge in [-0.1, -0.05) is 0 Å². The highest BCUT2D eigenvalue weighted by Gasteiger charge is 1.96. The van der Waals surface area contributed by atoms with Gasteiger partial charge in [-0.15, -0.1) is 0 Å². The molecule has 38 valence electrons. The third-order valence-electron chi connectivity index (χ3n) is 0.189. The highest BCUT2D eigenvalue weighted by Crippen LogP contribution is 1.91. The van der Waals surface area contributed by atoms with Crippen molar-refractivity contribution in [2.45, 2.75) is 6.61 Å². The van der Waals surface area contributed by atoms with E-state index in [0.717, 1.165) is 0 Å². The molecule has 0 aromatic carbocycles. The van der Waals surface area contributed by atoms with E-state index in [-0.39, 0.29) is 0 Å². The zero-order chi connectivity index (χ0) is 4.99. The molecule has 0 bridgehead atoms. The topological polar surface area (TPSA) is 9.23 Å². The fourth-order valence-corrected chi connectivity index (χ4v) is 0.0476. The van der Waals surface area contributed by atoms with Crippen molar-refractivity contribution in [1.82, 2.24) is 0 Å². The first-order valence-corrected chi connectivity index (χ1v) is 1.23. The van der Waals surface area contributed by atoms with Crippen molar-refractivity contribution in [1.29, 1.82) is 0 Å². The van der Waals surface area contributed by atoms with Crippen LogP contribution in [-0.2, 0) is 4.74 Å². The minimum Gasteiger partial charge on any atom is -0.291 e. The number of rotatable bonds is 2. The van der Waals surface area contributed by atoms with Crippen molar-refractivity contribution in [3.63, 3.8) is 0 Å². The predicted octanol–water partition coefficient (Wildman–Crippen LogP) is 1.15. The van der Waals surface area contributed by atoms with E-state index in [4.69, 9.17) is 0 Å². The zero-order valence-corrected chi connectivity index (χ0v) is 2.83. The summed E-state index contributed by atoms with van der Waals surface area (Å²) in [6.07, 6.45) is 0. The van der Waals surface area contributed by atoms with Crippen LogP contribution in [0, 0.1) is 0 Å².